The number of hydrogen-bond donors (Lipinski definition) is 2. The molecule has 0 aliphatic carbocycles. The highest BCUT2D eigenvalue weighted by atomic mass is 16.3. The van der Waals surface area contributed by atoms with Crippen LogP contribution < -0.4 is 5.32 Å². The quantitative estimate of drug-likeness (QED) is 0.649. The van der Waals surface area contributed by atoms with Gasteiger partial charge in [-0.1, -0.05) is 36.4 Å². The van der Waals surface area contributed by atoms with Crippen LogP contribution >= 0.6 is 0 Å². The van der Waals surface area contributed by atoms with E-state index in [4.69, 9.17) is 0 Å². The molecule has 0 saturated carbocycles. The highest BCUT2D eigenvalue weighted by Crippen LogP contribution is 2.26. The van der Waals surface area contributed by atoms with Gasteiger partial charge in [0.1, 0.15) is 5.75 Å². The lowest BCUT2D eigenvalue weighted by Gasteiger charge is -2.09. The Labute approximate surface area is 106 Å². The predicted molar refractivity (Wildman–Crippen MR) is 75.3 cm³/mol. The van der Waals surface area contributed by atoms with Gasteiger partial charge >= 0.3 is 0 Å². The Morgan fingerprint density at radius 1 is 0.722 bits per heavy atom. The number of hydrogen-bond acceptors (Lipinski definition) is 2. The molecule has 0 aliphatic heterocycles. The van der Waals surface area contributed by atoms with Gasteiger partial charge in [-0.3, -0.25) is 0 Å². The fourth-order valence-electron chi connectivity index (χ4n) is 2.03. The summed E-state index contributed by atoms with van der Waals surface area (Å²) in [6, 6.07) is 21.5. The van der Waals surface area contributed by atoms with Crippen LogP contribution in [0.5, 0.6) is 5.75 Å². The summed E-state index contributed by atoms with van der Waals surface area (Å²) in [6.07, 6.45) is 0. The molecule has 3 aromatic carbocycles. The second kappa shape index (κ2) is 4.41. The molecule has 0 spiro atoms. The van der Waals surface area contributed by atoms with E-state index in [-0.39, 0.29) is 5.75 Å². The van der Waals surface area contributed by atoms with Crippen molar-refractivity contribution in [3.8, 4) is 5.75 Å². The van der Waals surface area contributed by atoms with Gasteiger partial charge < -0.3 is 10.4 Å². The number of nitrogens with one attached hydrogen (secondary N) is 1. The first kappa shape index (κ1) is 10.7. The van der Waals surface area contributed by atoms with Gasteiger partial charge in [-0.05, 0) is 35.7 Å². The number of rotatable bonds is 2. The lowest BCUT2D eigenvalue weighted by molar-refractivity contribution is 0.475. The molecule has 0 aromatic heterocycles. The highest BCUT2D eigenvalue weighted by Gasteiger charge is 2.00. The van der Waals surface area contributed by atoms with E-state index in [1.165, 1.54) is 10.8 Å². The molecule has 0 bridgehead atoms. The summed E-state index contributed by atoms with van der Waals surface area (Å²) < 4.78 is 0. The van der Waals surface area contributed by atoms with Crippen LogP contribution in [0.4, 0.5) is 11.4 Å². The monoisotopic (exact) mass is 235 g/mol. The van der Waals surface area contributed by atoms with Crippen molar-refractivity contribution in [1.29, 1.82) is 0 Å². The summed E-state index contributed by atoms with van der Waals surface area (Å²) in [4.78, 5) is 0. The second-order valence-electron chi connectivity index (χ2n) is 4.20. The summed E-state index contributed by atoms with van der Waals surface area (Å²) in [5.41, 5.74) is 2.03. The Hall–Kier alpha value is -2.48. The summed E-state index contributed by atoms with van der Waals surface area (Å²) in [5.74, 6) is 0.276. The largest absolute Gasteiger partial charge is 0.508 e. The molecule has 0 radical (unpaired) electrons. The first-order valence-electron chi connectivity index (χ1n) is 5.87. The van der Waals surface area contributed by atoms with Gasteiger partial charge in [0, 0.05) is 16.8 Å². The number of aromatic hydroxyl groups is 1. The maximum Gasteiger partial charge on any atom is 0.115 e. The number of benzene rings is 3. The molecule has 2 heteroatoms. The van der Waals surface area contributed by atoms with Gasteiger partial charge in [0.15, 0.2) is 0 Å². The Morgan fingerprint density at radius 2 is 1.44 bits per heavy atom. The predicted octanol–water partition coefficient (Wildman–Crippen LogP) is 4.29. The minimum Gasteiger partial charge on any atom is -0.508 e. The van der Waals surface area contributed by atoms with Crippen LogP contribution in [0.2, 0.25) is 0 Å². The van der Waals surface area contributed by atoms with Crippen LogP contribution in [0.1, 0.15) is 0 Å². The van der Waals surface area contributed by atoms with Gasteiger partial charge in [0.2, 0.25) is 0 Å². The molecule has 0 amide bonds. The van der Waals surface area contributed by atoms with Crippen molar-refractivity contribution in [3.63, 3.8) is 0 Å². The average molecular weight is 235 g/mol. The number of phenols is 1. The van der Waals surface area contributed by atoms with Crippen LogP contribution in [0.25, 0.3) is 10.8 Å². The SMILES string of the molecule is Oc1ccc(Nc2cccc3ccccc23)cc1. The van der Waals surface area contributed by atoms with Crippen LogP contribution in [-0.4, -0.2) is 5.11 Å². The Bertz CT molecular complexity index is 669. The van der Waals surface area contributed by atoms with Crippen LogP contribution in [0.15, 0.2) is 66.7 Å². The Balaban J connectivity index is 2.02. The van der Waals surface area contributed by atoms with Crippen LogP contribution in [0, 0.1) is 0 Å². The van der Waals surface area contributed by atoms with Crippen molar-refractivity contribution in [2.75, 3.05) is 5.32 Å². The van der Waals surface area contributed by atoms with Gasteiger partial charge in [-0.2, -0.15) is 0 Å². The maximum absolute atomic E-state index is 9.27. The van der Waals surface area contributed by atoms with Gasteiger partial charge in [0.25, 0.3) is 0 Å². The zero-order valence-corrected chi connectivity index (χ0v) is 9.80. The second-order valence-corrected chi connectivity index (χ2v) is 4.20. The van der Waals surface area contributed by atoms with E-state index < -0.39 is 0 Å². The molecule has 3 rings (SSSR count). The summed E-state index contributed by atoms with van der Waals surface area (Å²) >= 11 is 0. The minimum absolute atomic E-state index is 0.276. The molecule has 2 N–H and O–H groups in total. The first-order chi connectivity index (χ1) is 8.83. The molecule has 2 nitrogen and oxygen atoms in total. The molecule has 0 atom stereocenters. The number of anilines is 2. The van der Waals surface area contributed by atoms with Crippen molar-refractivity contribution in [1.82, 2.24) is 0 Å². The fourth-order valence-corrected chi connectivity index (χ4v) is 2.03. The van der Waals surface area contributed by atoms with E-state index in [1.54, 1.807) is 12.1 Å². The molecule has 0 unspecified atom stereocenters. The van der Waals surface area contributed by atoms with Crippen molar-refractivity contribution < 1.29 is 5.11 Å². The average Bonchev–Trinajstić information content (AvgIpc) is 2.42. The molecule has 0 aliphatic rings. The molecule has 0 fully saturated rings. The highest BCUT2D eigenvalue weighted by molar-refractivity contribution is 5.95. The van der Waals surface area contributed by atoms with Crippen LogP contribution in [0.3, 0.4) is 0 Å². The first-order valence-corrected chi connectivity index (χ1v) is 5.87. The standard InChI is InChI=1S/C16H13NO/c18-14-10-8-13(9-11-14)17-16-7-3-5-12-4-1-2-6-15(12)16/h1-11,17-18H. The lowest BCUT2D eigenvalue weighted by Crippen LogP contribution is -1.90. The zero-order valence-electron chi connectivity index (χ0n) is 9.80. The Morgan fingerprint density at radius 3 is 2.28 bits per heavy atom. The van der Waals surface area contributed by atoms with E-state index in [0.29, 0.717) is 0 Å². The minimum atomic E-state index is 0.276. The van der Waals surface area contributed by atoms with Crippen molar-refractivity contribution in [2.45, 2.75) is 0 Å². The van der Waals surface area contributed by atoms with Gasteiger partial charge in [-0.15, -0.1) is 0 Å². The third-order valence-electron chi connectivity index (χ3n) is 2.94. The fraction of sp³-hybridized carbons (Fsp3) is 0. The van der Waals surface area contributed by atoms with Crippen molar-refractivity contribution >= 4 is 22.1 Å². The zero-order chi connectivity index (χ0) is 12.4. The number of phenolic OH excluding ortho intramolecular Hbond substituents is 1. The third-order valence-corrected chi connectivity index (χ3v) is 2.94. The normalized spacial score (nSPS) is 10.4. The van der Waals surface area contributed by atoms with E-state index in [1.807, 2.05) is 30.3 Å². The van der Waals surface area contributed by atoms with Crippen molar-refractivity contribution in [3.05, 3.63) is 66.7 Å². The van der Waals surface area contributed by atoms with E-state index in [0.717, 1.165) is 11.4 Å². The molecule has 88 valence electrons. The topological polar surface area (TPSA) is 32.3 Å². The number of fused-ring (bicyclic) bond motifs is 1. The van der Waals surface area contributed by atoms with E-state index >= 15 is 0 Å². The molecule has 18 heavy (non-hydrogen) atoms. The summed E-state index contributed by atoms with van der Waals surface area (Å²) in [6.45, 7) is 0. The lowest BCUT2D eigenvalue weighted by atomic mass is 10.1. The third kappa shape index (κ3) is 2.00. The smallest absolute Gasteiger partial charge is 0.115 e. The van der Waals surface area contributed by atoms with E-state index in [9.17, 15) is 5.11 Å². The van der Waals surface area contributed by atoms with E-state index in [2.05, 4.69) is 29.6 Å². The molecule has 0 saturated heterocycles. The Kier molecular flexibility index (Phi) is 2.61. The molecule has 0 heterocycles. The van der Waals surface area contributed by atoms with Gasteiger partial charge in [0.05, 0.1) is 0 Å². The van der Waals surface area contributed by atoms with Crippen molar-refractivity contribution in [2.24, 2.45) is 0 Å². The van der Waals surface area contributed by atoms with Crippen LogP contribution in [-0.2, 0) is 0 Å². The molecule has 3 aromatic rings. The maximum atomic E-state index is 9.27. The molecular formula is C16H13NO. The molecular weight excluding hydrogens is 222 g/mol. The van der Waals surface area contributed by atoms with Gasteiger partial charge in [-0.25, -0.2) is 0 Å². The summed E-state index contributed by atoms with van der Waals surface area (Å²) in [5, 5.41) is 15.0. The summed E-state index contributed by atoms with van der Waals surface area (Å²) in [7, 11) is 0.